The van der Waals surface area contributed by atoms with Crippen LogP contribution in [0.3, 0.4) is 0 Å². The van der Waals surface area contributed by atoms with Crippen LogP contribution < -0.4 is 5.32 Å². The summed E-state index contributed by atoms with van der Waals surface area (Å²) in [6.07, 6.45) is 8.27. The second kappa shape index (κ2) is 11.1. The third kappa shape index (κ3) is 5.64. The smallest absolute Gasteiger partial charge is 0.255 e. The van der Waals surface area contributed by atoms with Gasteiger partial charge in [-0.2, -0.15) is 0 Å². The number of carbonyl (C=O) groups is 2. The number of aromatic nitrogens is 1. The van der Waals surface area contributed by atoms with E-state index < -0.39 is 0 Å². The molecule has 1 N–H and O–H groups in total. The number of nitrogens with zero attached hydrogens (tertiary/aromatic N) is 3. The average molecular weight is 489 g/mol. The number of hydrogen-bond donors (Lipinski definition) is 1. The summed E-state index contributed by atoms with van der Waals surface area (Å²) >= 11 is 0. The molecule has 1 saturated carbocycles. The third-order valence-corrected chi connectivity index (χ3v) is 8.63. The molecule has 2 unspecified atom stereocenters. The lowest BCUT2D eigenvalue weighted by Crippen LogP contribution is -2.36. The molecule has 6 heteroatoms. The van der Waals surface area contributed by atoms with E-state index in [1.165, 1.54) is 31.2 Å². The molecule has 0 spiro atoms. The first kappa shape index (κ1) is 24.9. The third-order valence-electron chi connectivity index (χ3n) is 8.63. The quantitative estimate of drug-likeness (QED) is 0.593. The summed E-state index contributed by atoms with van der Waals surface area (Å²) in [5, 5.41) is 3.36. The number of pyridine rings is 1. The molecule has 1 aliphatic carbocycles. The van der Waals surface area contributed by atoms with Crippen molar-refractivity contribution in [3.63, 3.8) is 0 Å². The van der Waals surface area contributed by atoms with Crippen molar-refractivity contribution in [2.75, 3.05) is 32.7 Å². The van der Waals surface area contributed by atoms with Gasteiger partial charge in [0.2, 0.25) is 5.91 Å². The first-order chi connectivity index (χ1) is 17.5. The number of rotatable bonds is 8. The van der Waals surface area contributed by atoms with Gasteiger partial charge in [0.1, 0.15) is 0 Å². The minimum atomic E-state index is 0.0511. The number of amides is 2. The number of nitrogens with one attached hydrogen (secondary N) is 1. The predicted octanol–water partition coefficient (Wildman–Crippen LogP) is 4.53. The van der Waals surface area contributed by atoms with Gasteiger partial charge in [-0.25, -0.2) is 0 Å². The lowest BCUT2D eigenvalue weighted by molar-refractivity contribution is -0.122. The maximum atomic E-state index is 13.2. The van der Waals surface area contributed by atoms with Gasteiger partial charge in [-0.3, -0.25) is 14.6 Å². The highest BCUT2D eigenvalue weighted by atomic mass is 16.2. The molecule has 1 aromatic carbocycles. The number of likely N-dealkylation sites (tertiary alicyclic amines) is 2. The minimum Gasteiger partial charge on any atom is -0.349 e. The van der Waals surface area contributed by atoms with E-state index in [-0.39, 0.29) is 17.9 Å². The minimum absolute atomic E-state index is 0.0511. The molecule has 3 heterocycles. The molecular weight excluding hydrogens is 448 g/mol. The van der Waals surface area contributed by atoms with E-state index in [1.54, 1.807) is 6.20 Å². The fourth-order valence-electron chi connectivity index (χ4n) is 6.66. The van der Waals surface area contributed by atoms with E-state index in [9.17, 15) is 9.59 Å². The van der Waals surface area contributed by atoms with Crippen molar-refractivity contribution >= 4 is 11.8 Å². The number of carbonyl (C=O) groups excluding carboxylic acids is 2. The van der Waals surface area contributed by atoms with E-state index in [0.717, 1.165) is 56.0 Å². The Bertz CT molecular complexity index is 1030. The Morgan fingerprint density at radius 3 is 2.36 bits per heavy atom. The van der Waals surface area contributed by atoms with Crippen LogP contribution in [0.4, 0.5) is 0 Å². The zero-order valence-electron chi connectivity index (χ0n) is 21.8. The molecular formula is C30H40N4O2. The number of fused-ring (bicyclic) bond motifs is 1. The van der Waals surface area contributed by atoms with Crippen molar-refractivity contribution in [1.82, 2.24) is 20.1 Å². The molecule has 3 fully saturated rings. The van der Waals surface area contributed by atoms with Crippen LogP contribution in [-0.4, -0.2) is 59.3 Å². The Morgan fingerprint density at radius 2 is 1.69 bits per heavy atom. The first-order valence-corrected chi connectivity index (χ1v) is 13.8. The Balaban J connectivity index is 1.15. The Kier molecular flexibility index (Phi) is 7.70. The molecule has 2 aliphatic heterocycles. The maximum Gasteiger partial charge on any atom is 0.255 e. The molecule has 0 radical (unpaired) electrons. The topological polar surface area (TPSA) is 65.5 Å². The molecule has 1 aromatic heterocycles. The van der Waals surface area contributed by atoms with E-state index in [0.29, 0.717) is 24.2 Å². The van der Waals surface area contributed by atoms with Crippen LogP contribution in [0.15, 0.2) is 42.6 Å². The van der Waals surface area contributed by atoms with Crippen molar-refractivity contribution < 1.29 is 9.59 Å². The highest BCUT2D eigenvalue weighted by Gasteiger charge is 2.42. The van der Waals surface area contributed by atoms with Crippen LogP contribution >= 0.6 is 0 Å². The maximum absolute atomic E-state index is 13.2. The molecule has 6 nitrogen and oxygen atoms in total. The lowest BCUT2D eigenvalue weighted by Gasteiger charge is -2.25. The standard InChI is InChI=1S/C30H40N4O2/c1-21-12-14-31-22(2)29(21)30(36)34-19-25-17-33(18-26(25)20-34)15-13-27(24-10-4-3-5-11-24)32-28(35)16-23-8-6-7-9-23/h3-5,10-12,14,23,25-27H,6-9,13,15-20H2,1-2H3,(H,32,35)/t25-,26?,27?/m0/s1. The molecule has 2 saturated heterocycles. The van der Waals surface area contributed by atoms with Gasteiger partial charge in [0.15, 0.2) is 0 Å². The van der Waals surface area contributed by atoms with E-state index in [4.69, 9.17) is 0 Å². The van der Waals surface area contributed by atoms with Gasteiger partial charge in [0.05, 0.1) is 17.3 Å². The average Bonchev–Trinajstić information content (AvgIpc) is 3.59. The molecule has 192 valence electrons. The van der Waals surface area contributed by atoms with E-state index >= 15 is 0 Å². The molecule has 3 atom stereocenters. The zero-order valence-corrected chi connectivity index (χ0v) is 21.8. The van der Waals surface area contributed by atoms with Crippen LogP contribution in [-0.2, 0) is 4.79 Å². The molecule has 2 aromatic rings. The summed E-state index contributed by atoms with van der Waals surface area (Å²) in [4.78, 5) is 35.0. The van der Waals surface area contributed by atoms with Crippen molar-refractivity contribution in [3.8, 4) is 0 Å². The van der Waals surface area contributed by atoms with Crippen LogP contribution in [0.5, 0.6) is 0 Å². The fourth-order valence-corrected chi connectivity index (χ4v) is 6.66. The van der Waals surface area contributed by atoms with Gasteiger partial charge in [0, 0.05) is 45.3 Å². The second-order valence-electron chi connectivity index (χ2n) is 11.3. The van der Waals surface area contributed by atoms with Crippen molar-refractivity contribution in [2.24, 2.45) is 17.8 Å². The van der Waals surface area contributed by atoms with Crippen molar-refractivity contribution in [3.05, 3.63) is 65.0 Å². The van der Waals surface area contributed by atoms with Gasteiger partial charge >= 0.3 is 0 Å². The summed E-state index contributed by atoms with van der Waals surface area (Å²) in [5.74, 6) is 1.94. The highest BCUT2D eigenvalue weighted by molar-refractivity contribution is 5.96. The molecule has 3 aliphatic rings. The Morgan fingerprint density at radius 1 is 1.00 bits per heavy atom. The van der Waals surface area contributed by atoms with Gasteiger partial charge in [-0.05, 0) is 68.1 Å². The Hall–Kier alpha value is -2.73. The first-order valence-electron chi connectivity index (χ1n) is 13.8. The Labute approximate surface area is 215 Å². The molecule has 0 bridgehead atoms. The second-order valence-corrected chi connectivity index (χ2v) is 11.3. The summed E-state index contributed by atoms with van der Waals surface area (Å²) in [7, 11) is 0. The van der Waals surface area contributed by atoms with E-state index in [2.05, 4.69) is 39.5 Å². The zero-order chi connectivity index (χ0) is 25.1. The van der Waals surface area contributed by atoms with Gasteiger partial charge in [-0.15, -0.1) is 0 Å². The SMILES string of the molecule is Cc1ccnc(C)c1C(=O)N1CC2CN(CCC(NC(=O)CC3CCCC3)c3ccccc3)C[C@H]2C1. The molecule has 2 amide bonds. The molecule has 5 rings (SSSR count). The van der Waals surface area contributed by atoms with Crippen LogP contribution in [0.25, 0.3) is 0 Å². The van der Waals surface area contributed by atoms with Crippen molar-refractivity contribution in [1.29, 1.82) is 0 Å². The highest BCUT2D eigenvalue weighted by Crippen LogP contribution is 2.33. The lowest BCUT2D eigenvalue weighted by atomic mass is 10.0. The summed E-state index contributed by atoms with van der Waals surface area (Å²) in [5.41, 5.74) is 3.79. The monoisotopic (exact) mass is 488 g/mol. The van der Waals surface area contributed by atoms with Crippen LogP contribution in [0.2, 0.25) is 0 Å². The molecule has 36 heavy (non-hydrogen) atoms. The summed E-state index contributed by atoms with van der Waals surface area (Å²) in [6.45, 7) is 8.59. The number of aryl methyl sites for hydroxylation is 2. The van der Waals surface area contributed by atoms with Gasteiger partial charge in [0.25, 0.3) is 5.91 Å². The van der Waals surface area contributed by atoms with Crippen LogP contribution in [0, 0.1) is 31.6 Å². The predicted molar refractivity (Wildman–Crippen MR) is 142 cm³/mol. The fraction of sp³-hybridized carbons (Fsp3) is 0.567. The van der Waals surface area contributed by atoms with E-state index in [1.807, 2.05) is 30.9 Å². The normalized spacial score (nSPS) is 23.1. The van der Waals surface area contributed by atoms with Gasteiger partial charge in [-0.1, -0.05) is 43.2 Å². The summed E-state index contributed by atoms with van der Waals surface area (Å²) in [6, 6.07) is 12.4. The summed E-state index contributed by atoms with van der Waals surface area (Å²) < 4.78 is 0. The number of benzene rings is 1. The number of hydrogen-bond acceptors (Lipinski definition) is 4. The van der Waals surface area contributed by atoms with Crippen LogP contribution in [0.1, 0.15) is 71.7 Å². The largest absolute Gasteiger partial charge is 0.349 e. The van der Waals surface area contributed by atoms with Crippen molar-refractivity contribution in [2.45, 2.75) is 58.4 Å². The van der Waals surface area contributed by atoms with Gasteiger partial charge < -0.3 is 15.1 Å².